The Bertz CT molecular complexity index is 502. The van der Waals surface area contributed by atoms with E-state index in [0.29, 0.717) is 44.5 Å². The number of nitrogens with zero attached hydrogens (tertiary/aromatic N) is 4. The van der Waals surface area contributed by atoms with Crippen LogP contribution in [0.3, 0.4) is 0 Å². The van der Waals surface area contributed by atoms with Crippen molar-refractivity contribution in [3.05, 3.63) is 12.4 Å². The van der Waals surface area contributed by atoms with E-state index in [0.717, 1.165) is 19.4 Å². The third-order valence-corrected chi connectivity index (χ3v) is 4.23. The van der Waals surface area contributed by atoms with E-state index in [2.05, 4.69) is 14.9 Å². The van der Waals surface area contributed by atoms with Crippen molar-refractivity contribution < 1.29 is 14.3 Å². The van der Waals surface area contributed by atoms with Crippen LogP contribution in [-0.2, 0) is 9.53 Å². The SMILES string of the molecule is COc1cnc(N2CCCC(C(=O)N3CCOCC3)C2)nc1. The van der Waals surface area contributed by atoms with Crippen molar-refractivity contribution in [2.45, 2.75) is 12.8 Å². The molecule has 1 amide bonds. The van der Waals surface area contributed by atoms with E-state index >= 15 is 0 Å². The molecule has 0 aromatic carbocycles. The predicted molar refractivity (Wildman–Crippen MR) is 80.9 cm³/mol. The van der Waals surface area contributed by atoms with Crippen LogP contribution < -0.4 is 9.64 Å². The average molecular weight is 306 g/mol. The van der Waals surface area contributed by atoms with E-state index in [1.807, 2.05) is 4.90 Å². The van der Waals surface area contributed by atoms with Gasteiger partial charge in [0.05, 0.1) is 38.6 Å². The van der Waals surface area contributed by atoms with Crippen molar-refractivity contribution in [1.82, 2.24) is 14.9 Å². The van der Waals surface area contributed by atoms with Gasteiger partial charge in [0, 0.05) is 26.2 Å². The number of rotatable bonds is 3. The van der Waals surface area contributed by atoms with Crippen molar-refractivity contribution in [3.63, 3.8) is 0 Å². The van der Waals surface area contributed by atoms with Gasteiger partial charge in [-0.1, -0.05) is 0 Å². The molecule has 3 rings (SSSR count). The largest absolute Gasteiger partial charge is 0.494 e. The molecule has 1 aromatic heterocycles. The number of ether oxygens (including phenoxy) is 2. The lowest BCUT2D eigenvalue weighted by molar-refractivity contribution is -0.139. The van der Waals surface area contributed by atoms with E-state index < -0.39 is 0 Å². The molecule has 1 aromatic rings. The van der Waals surface area contributed by atoms with E-state index in [-0.39, 0.29) is 11.8 Å². The van der Waals surface area contributed by atoms with Gasteiger partial charge in [-0.25, -0.2) is 9.97 Å². The third-order valence-electron chi connectivity index (χ3n) is 4.23. The molecule has 2 aliphatic rings. The molecule has 7 nitrogen and oxygen atoms in total. The van der Waals surface area contributed by atoms with Gasteiger partial charge in [-0.05, 0) is 12.8 Å². The lowest BCUT2D eigenvalue weighted by Crippen LogP contribution is -2.48. The Hall–Kier alpha value is -1.89. The van der Waals surface area contributed by atoms with Crippen LogP contribution in [0.25, 0.3) is 0 Å². The molecule has 0 saturated carbocycles. The van der Waals surface area contributed by atoms with Gasteiger partial charge in [-0.3, -0.25) is 4.79 Å². The molecular formula is C15H22N4O3. The zero-order chi connectivity index (χ0) is 15.4. The Kier molecular flexibility index (Phi) is 4.72. The van der Waals surface area contributed by atoms with E-state index in [4.69, 9.17) is 9.47 Å². The van der Waals surface area contributed by atoms with Crippen LogP contribution in [0.4, 0.5) is 5.95 Å². The summed E-state index contributed by atoms with van der Waals surface area (Å²) in [7, 11) is 1.59. The third kappa shape index (κ3) is 3.30. The van der Waals surface area contributed by atoms with Gasteiger partial charge in [0.15, 0.2) is 5.75 Å². The monoisotopic (exact) mass is 306 g/mol. The zero-order valence-corrected chi connectivity index (χ0v) is 12.9. The second-order valence-electron chi connectivity index (χ2n) is 5.65. The molecule has 22 heavy (non-hydrogen) atoms. The maximum Gasteiger partial charge on any atom is 0.227 e. The fourth-order valence-electron chi connectivity index (χ4n) is 2.98. The summed E-state index contributed by atoms with van der Waals surface area (Å²) in [6.07, 6.45) is 5.24. The Balaban J connectivity index is 1.64. The Labute approximate surface area is 130 Å². The summed E-state index contributed by atoms with van der Waals surface area (Å²) in [5.74, 6) is 1.57. The van der Waals surface area contributed by atoms with Crippen LogP contribution in [0.2, 0.25) is 0 Å². The number of anilines is 1. The first-order chi connectivity index (χ1) is 10.8. The second-order valence-corrected chi connectivity index (χ2v) is 5.65. The highest BCUT2D eigenvalue weighted by atomic mass is 16.5. The molecule has 2 saturated heterocycles. The summed E-state index contributed by atoms with van der Waals surface area (Å²) in [5.41, 5.74) is 0. The first-order valence-corrected chi connectivity index (χ1v) is 7.75. The molecule has 0 N–H and O–H groups in total. The molecule has 2 aliphatic heterocycles. The van der Waals surface area contributed by atoms with Crippen molar-refractivity contribution in [3.8, 4) is 5.75 Å². The number of hydrogen-bond donors (Lipinski definition) is 0. The zero-order valence-electron chi connectivity index (χ0n) is 12.9. The molecule has 3 heterocycles. The first-order valence-electron chi connectivity index (χ1n) is 7.75. The summed E-state index contributed by atoms with van der Waals surface area (Å²) in [6.45, 7) is 4.26. The minimum Gasteiger partial charge on any atom is -0.494 e. The quantitative estimate of drug-likeness (QED) is 0.813. The van der Waals surface area contributed by atoms with Crippen molar-refractivity contribution in [2.24, 2.45) is 5.92 Å². The molecule has 0 aliphatic carbocycles. The molecular weight excluding hydrogens is 284 g/mol. The van der Waals surface area contributed by atoms with Crippen LogP contribution >= 0.6 is 0 Å². The number of hydrogen-bond acceptors (Lipinski definition) is 6. The summed E-state index contributed by atoms with van der Waals surface area (Å²) < 4.78 is 10.4. The predicted octanol–water partition coefficient (Wildman–Crippen LogP) is 0.560. The summed E-state index contributed by atoms with van der Waals surface area (Å²) >= 11 is 0. The molecule has 2 fully saturated rings. The number of piperidine rings is 1. The molecule has 0 radical (unpaired) electrons. The number of amides is 1. The van der Waals surface area contributed by atoms with Gasteiger partial charge >= 0.3 is 0 Å². The average Bonchev–Trinajstić information content (AvgIpc) is 2.62. The molecule has 0 spiro atoms. The number of methoxy groups -OCH3 is 1. The van der Waals surface area contributed by atoms with Crippen molar-refractivity contribution in [2.75, 3.05) is 51.4 Å². The highest BCUT2D eigenvalue weighted by Gasteiger charge is 2.30. The maximum absolute atomic E-state index is 12.6. The molecule has 120 valence electrons. The second kappa shape index (κ2) is 6.91. The van der Waals surface area contributed by atoms with Crippen LogP contribution in [0.1, 0.15) is 12.8 Å². The fraction of sp³-hybridized carbons (Fsp3) is 0.667. The molecule has 1 atom stereocenters. The smallest absolute Gasteiger partial charge is 0.227 e. The maximum atomic E-state index is 12.6. The Morgan fingerprint density at radius 2 is 2.00 bits per heavy atom. The van der Waals surface area contributed by atoms with Gasteiger partial charge in [-0.2, -0.15) is 0 Å². The lowest BCUT2D eigenvalue weighted by atomic mass is 9.96. The summed E-state index contributed by atoms with van der Waals surface area (Å²) in [6, 6.07) is 0. The van der Waals surface area contributed by atoms with Crippen LogP contribution in [0, 0.1) is 5.92 Å². The number of morpholine rings is 1. The highest BCUT2D eigenvalue weighted by Crippen LogP contribution is 2.23. The van der Waals surface area contributed by atoms with Crippen molar-refractivity contribution >= 4 is 11.9 Å². The fourth-order valence-corrected chi connectivity index (χ4v) is 2.98. The minimum absolute atomic E-state index is 0.0255. The summed E-state index contributed by atoms with van der Waals surface area (Å²) in [5, 5.41) is 0. The van der Waals surface area contributed by atoms with Crippen molar-refractivity contribution in [1.29, 1.82) is 0 Å². The summed E-state index contributed by atoms with van der Waals surface area (Å²) in [4.78, 5) is 25.3. The topological polar surface area (TPSA) is 67.8 Å². The standard InChI is InChI=1S/C15H22N4O3/c1-21-13-9-16-15(17-10-13)19-4-2-3-12(11-19)14(20)18-5-7-22-8-6-18/h9-10,12H,2-8,11H2,1H3. The number of carbonyl (C=O) groups excluding carboxylic acids is 1. The molecule has 7 heteroatoms. The van der Waals surface area contributed by atoms with Gasteiger partial charge in [0.1, 0.15) is 0 Å². The van der Waals surface area contributed by atoms with Gasteiger partial charge < -0.3 is 19.3 Å². The van der Waals surface area contributed by atoms with Crippen LogP contribution in [0.5, 0.6) is 5.75 Å². The normalized spacial score (nSPS) is 22.5. The first kappa shape index (κ1) is 15.0. The minimum atomic E-state index is 0.0255. The van der Waals surface area contributed by atoms with E-state index in [9.17, 15) is 4.79 Å². The Morgan fingerprint density at radius 3 is 2.68 bits per heavy atom. The number of aromatic nitrogens is 2. The highest BCUT2D eigenvalue weighted by molar-refractivity contribution is 5.79. The number of carbonyl (C=O) groups is 1. The van der Waals surface area contributed by atoms with Crippen LogP contribution in [-0.4, -0.2) is 67.3 Å². The van der Waals surface area contributed by atoms with Gasteiger partial charge in [0.2, 0.25) is 11.9 Å². The molecule has 1 unspecified atom stereocenters. The molecule has 0 bridgehead atoms. The van der Waals surface area contributed by atoms with E-state index in [1.54, 1.807) is 19.5 Å². The van der Waals surface area contributed by atoms with Crippen LogP contribution in [0.15, 0.2) is 12.4 Å². The van der Waals surface area contributed by atoms with Gasteiger partial charge in [0.25, 0.3) is 0 Å². The Morgan fingerprint density at radius 1 is 1.27 bits per heavy atom. The van der Waals surface area contributed by atoms with Gasteiger partial charge in [-0.15, -0.1) is 0 Å². The van der Waals surface area contributed by atoms with E-state index in [1.165, 1.54) is 0 Å². The lowest BCUT2D eigenvalue weighted by Gasteiger charge is -2.36.